The maximum absolute atomic E-state index is 11.9. The van der Waals surface area contributed by atoms with Gasteiger partial charge in [0.05, 0.1) is 26.5 Å². The summed E-state index contributed by atoms with van der Waals surface area (Å²) in [5.41, 5.74) is 1.63. The largest absolute Gasteiger partial charge is 0.497 e. The van der Waals surface area contributed by atoms with Crippen LogP contribution in [0.5, 0.6) is 11.5 Å². The maximum atomic E-state index is 11.9. The van der Waals surface area contributed by atoms with Crippen LogP contribution < -0.4 is 20.1 Å². The summed E-state index contributed by atoms with van der Waals surface area (Å²) in [7, 11) is 3.13. The number of amides is 1. The smallest absolute Gasteiger partial charge is 0.238 e. The molecule has 0 atom stereocenters. The zero-order chi connectivity index (χ0) is 15.8. The molecule has 1 heterocycles. The molecule has 1 aromatic carbocycles. The Morgan fingerprint density at radius 1 is 1.23 bits per heavy atom. The number of nitrogens with zero attached hydrogens (tertiary/aromatic N) is 1. The molecule has 0 bridgehead atoms. The molecular formula is C16H19N3O3. The monoisotopic (exact) mass is 301 g/mol. The van der Waals surface area contributed by atoms with E-state index in [9.17, 15) is 4.79 Å². The minimum absolute atomic E-state index is 0.146. The van der Waals surface area contributed by atoms with Gasteiger partial charge in [-0.25, -0.2) is 0 Å². The van der Waals surface area contributed by atoms with Crippen molar-refractivity contribution < 1.29 is 14.3 Å². The van der Waals surface area contributed by atoms with E-state index >= 15 is 0 Å². The van der Waals surface area contributed by atoms with Crippen LogP contribution in [0.4, 0.5) is 5.69 Å². The number of carbonyl (C=O) groups excluding carboxylic acids is 1. The van der Waals surface area contributed by atoms with Crippen LogP contribution in [0.25, 0.3) is 0 Å². The third kappa shape index (κ3) is 4.46. The minimum Gasteiger partial charge on any atom is -0.497 e. The Balaban J connectivity index is 1.86. The van der Waals surface area contributed by atoms with E-state index in [-0.39, 0.29) is 12.5 Å². The zero-order valence-electron chi connectivity index (χ0n) is 12.6. The van der Waals surface area contributed by atoms with E-state index in [1.165, 1.54) is 0 Å². The summed E-state index contributed by atoms with van der Waals surface area (Å²) in [5.74, 6) is 1.08. The van der Waals surface area contributed by atoms with Crippen LogP contribution in [0.1, 0.15) is 5.56 Å². The molecule has 0 unspecified atom stereocenters. The van der Waals surface area contributed by atoms with E-state index in [0.29, 0.717) is 23.7 Å². The molecular weight excluding hydrogens is 282 g/mol. The van der Waals surface area contributed by atoms with E-state index in [2.05, 4.69) is 15.6 Å². The summed E-state index contributed by atoms with van der Waals surface area (Å²) in [6, 6.07) is 9.04. The van der Waals surface area contributed by atoms with Crippen molar-refractivity contribution in [2.24, 2.45) is 0 Å². The van der Waals surface area contributed by atoms with Crippen LogP contribution in [0.2, 0.25) is 0 Å². The van der Waals surface area contributed by atoms with Gasteiger partial charge in [0, 0.05) is 25.0 Å². The lowest BCUT2D eigenvalue weighted by Gasteiger charge is -2.12. The van der Waals surface area contributed by atoms with E-state index in [4.69, 9.17) is 9.47 Å². The van der Waals surface area contributed by atoms with E-state index in [0.717, 1.165) is 5.56 Å². The van der Waals surface area contributed by atoms with Gasteiger partial charge < -0.3 is 20.1 Å². The maximum Gasteiger partial charge on any atom is 0.238 e. The van der Waals surface area contributed by atoms with Gasteiger partial charge in [-0.05, 0) is 23.8 Å². The fourth-order valence-electron chi connectivity index (χ4n) is 1.92. The lowest BCUT2D eigenvalue weighted by molar-refractivity contribution is -0.115. The molecule has 0 radical (unpaired) electrons. The third-order valence-electron chi connectivity index (χ3n) is 3.02. The van der Waals surface area contributed by atoms with Gasteiger partial charge in [-0.15, -0.1) is 0 Å². The van der Waals surface area contributed by atoms with Crippen LogP contribution in [0.3, 0.4) is 0 Å². The molecule has 0 spiro atoms. The highest BCUT2D eigenvalue weighted by Gasteiger charge is 2.08. The second-order valence-electron chi connectivity index (χ2n) is 4.58. The zero-order valence-corrected chi connectivity index (χ0v) is 12.6. The van der Waals surface area contributed by atoms with Crippen LogP contribution in [-0.4, -0.2) is 31.7 Å². The van der Waals surface area contributed by atoms with Crippen molar-refractivity contribution in [2.75, 3.05) is 26.1 Å². The number of carbonyl (C=O) groups is 1. The molecule has 0 saturated carbocycles. The number of nitrogens with one attached hydrogen (secondary N) is 2. The Morgan fingerprint density at radius 2 is 2.09 bits per heavy atom. The number of hydrogen-bond acceptors (Lipinski definition) is 5. The Labute approximate surface area is 129 Å². The van der Waals surface area contributed by atoms with Gasteiger partial charge in [-0.3, -0.25) is 9.78 Å². The molecule has 0 fully saturated rings. The molecule has 1 amide bonds. The second kappa shape index (κ2) is 7.99. The highest BCUT2D eigenvalue weighted by Crippen LogP contribution is 2.28. The van der Waals surface area contributed by atoms with Crippen LogP contribution in [0.15, 0.2) is 42.7 Å². The molecule has 0 saturated heterocycles. The summed E-state index contributed by atoms with van der Waals surface area (Å²) >= 11 is 0. The third-order valence-corrected chi connectivity index (χ3v) is 3.02. The summed E-state index contributed by atoms with van der Waals surface area (Å²) in [5, 5.41) is 5.87. The highest BCUT2D eigenvalue weighted by atomic mass is 16.5. The van der Waals surface area contributed by atoms with E-state index < -0.39 is 0 Å². The molecule has 2 rings (SSSR count). The van der Waals surface area contributed by atoms with E-state index in [1.807, 2.05) is 12.1 Å². The summed E-state index contributed by atoms with van der Waals surface area (Å²) in [6.45, 7) is 0.783. The molecule has 0 aliphatic rings. The average molecular weight is 301 g/mol. The molecule has 2 N–H and O–H groups in total. The number of aromatic nitrogens is 1. The van der Waals surface area contributed by atoms with Crippen LogP contribution >= 0.6 is 0 Å². The summed E-state index contributed by atoms with van der Waals surface area (Å²) < 4.78 is 10.4. The van der Waals surface area contributed by atoms with Crippen molar-refractivity contribution in [3.05, 3.63) is 48.3 Å². The predicted molar refractivity (Wildman–Crippen MR) is 84.1 cm³/mol. The van der Waals surface area contributed by atoms with Crippen molar-refractivity contribution in [3.8, 4) is 11.5 Å². The Morgan fingerprint density at radius 3 is 2.77 bits per heavy atom. The Kier molecular flexibility index (Phi) is 5.73. The molecule has 6 heteroatoms. The van der Waals surface area contributed by atoms with Crippen molar-refractivity contribution in [1.82, 2.24) is 10.3 Å². The van der Waals surface area contributed by atoms with E-state index in [1.54, 1.807) is 44.8 Å². The molecule has 6 nitrogen and oxygen atoms in total. The molecule has 0 aliphatic heterocycles. The molecule has 0 aliphatic carbocycles. The standard InChI is InChI=1S/C16H19N3O3/c1-21-13-5-6-14(15(8-13)22-2)19-16(20)11-18-10-12-4-3-7-17-9-12/h3-9,18H,10-11H2,1-2H3,(H,19,20). The Bertz CT molecular complexity index is 617. The molecule has 1 aromatic heterocycles. The number of hydrogen-bond donors (Lipinski definition) is 2. The highest BCUT2D eigenvalue weighted by molar-refractivity contribution is 5.93. The average Bonchev–Trinajstić information content (AvgIpc) is 2.56. The minimum atomic E-state index is -0.146. The van der Waals surface area contributed by atoms with Crippen molar-refractivity contribution >= 4 is 11.6 Å². The molecule has 2 aromatic rings. The number of pyridine rings is 1. The normalized spacial score (nSPS) is 10.1. The number of anilines is 1. The van der Waals surface area contributed by atoms with Crippen molar-refractivity contribution in [3.63, 3.8) is 0 Å². The first-order valence-corrected chi connectivity index (χ1v) is 6.84. The topological polar surface area (TPSA) is 72.5 Å². The van der Waals surface area contributed by atoms with Gasteiger partial charge in [-0.2, -0.15) is 0 Å². The quantitative estimate of drug-likeness (QED) is 0.816. The van der Waals surface area contributed by atoms with Gasteiger partial charge >= 0.3 is 0 Å². The fraction of sp³-hybridized carbons (Fsp3) is 0.250. The first-order chi connectivity index (χ1) is 10.7. The lowest BCUT2D eigenvalue weighted by Crippen LogP contribution is -2.27. The lowest BCUT2D eigenvalue weighted by atomic mass is 10.2. The predicted octanol–water partition coefficient (Wildman–Crippen LogP) is 1.83. The second-order valence-corrected chi connectivity index (χ2v) is 4.58. The number of methoxy groups -OCH3 is 2. The number of benzene rings is 1. The Hall–Kier alpha value is -2.60. The molecule has 22 heavy (non-hydrogen) atoms. The summed E-state index contributed by atoms with van der Waals surface area (Å²) in [4.78, 5) is 16.0. The number of rotatable bonds is 7. The van der Waals surface area contributed by atoms with Crippen molar-refractivity contribution in [1.29, 1.82) is 0 Å². The van der Waals surface area contributed by atoms with Gasteiger partial charge in [0.25, 0.3) is 0 Å². The summed E-state index contributed by atoms with van der Waals surface area (Å²) in [6.07, 6.45) is 3.48. The number of ether oxygens (including phenoxy) is 2. The van der Waals surface area contributed by atoms with Crippen molar-refractivity contribution in [2.45, 2.75) is 6.54 Å². The van der Waals surface area contributed by atoms with Gasteiger partial charge in [0.1, 0.15) is 11.5 Å². The SMILES string of the molecule is COc1ccc(NC(=O)CNCc2cccnc2)c(OC)c1. The van der Waals surface area contributed by atoms with Crippen LogP contribution in [0, 0.1) is 0 Å². The van der Waals surface area contributed by atoms with Gasteiger partial charge in [0.2, 0.25) is 5.91 Å². The fourth-order valence-corrected chi connectivity index (χ4v) is 1.92. The first-order valence-electron chi connectivity index (χ1n) is 6.84. The molecule has 116 valence electrons. The first kappa shape index (κ1) is 15.8. The van der Waals surface area contributed by atoms with Gasteiger partial charge in [0.15, 0.2) is 0 Å². The van der Waals surface area contributed by atoms with Crippen LogP contribution in [-0.2, 0) is 11.3 Å². The van der Waals surface area contributed by atoms with Gasteiger partial charge in [-0.1, -0.05) is 6.07 Å².